The third-order valence-electron chi connectivity index (χ3n) is 6.88. The Hall–Kier alpha value is -1.52. The molecule has 32 heavy (non-hydrogen) atoms. The summed E-state index contributed by atoms with van der Waals surface area (Å²) in [5, 5.41) is 0. The van der Waals surface area contributed by atoms with Crippen LogP contribution in [0.15, 0.2) is 12.4 Å². The first-order valence-corrected chi connectivity index (χ1v) is 13.5. The Bertz CT molecular complexity index is 539. The standard InChI is InChI=1S/C27H51N3O2/c1-8-11-14-15-18-21-24(6)30-26(31)28(22(4)19-16-12-9-2)25(7)29(27(30)32)23(5)20-17-13-10-3/h22-24H,7-21H2,1-6H3. The predicted molar refractivity (Wildman–Crippen MR) is 135 cm³/mol. The summed E-state index contributed by atoms with van der Waals surface area (Å²) < 4.78 is 0. The lowest BCUT2D eigenvalue weighted by molar-refractivity contribution is 0.0702. The highest BCUT2D eigenvalue weighted by Gasteiger charge is 2.45. The second kappa shape index (κ2) is 15.3. The molecule has 1 fully saturated rings. The molecule has 1 aliphatic heterocycles. The molecule has 3 unspecified atom stereocenters. The molecule has 0 aromatic rings. The molecule has 0 aromatic carbocycles. The van der Waals surface area contributed by atoms with E-state index in [-0.39, 0.29) is 30.2 Å². The molecule has 0 aromatic heterocycles. The Morgan fingerprint density at radius 1 is 0.562 bits per heavy atom. The second-order valence-corrected chi connectivity index (χ2v) is 9.83. The molecule has 5 nitrogen and oxygen atoms in total. The van der Waals surface area contributed by atoms with Gasteiger partial charge in [-0.25, -0.2) is 14.5 Å². The van der Waals surface area contributed by atoms with Gasteiger partial charge in [-0.05, 0) is 40.0 Å². The van der Waals surface area contributed by atoms with Crippen LogP contribution in [-0.4, -0.2) is 44.9 Å². The summed E-state index contributed by atoms with van der Waals surface area (Å²) in [5.41, 5.74) is 0. The third-order valence-corrected chi connectivity index (χ3v) is 6.88. The van der Waals surface area contributed by atoms with Crippen LogP contribution in [0.1, 0.15) is 131 Å². The number of nitrogens with zero attached hydrogens (tertiary/aromatic N) is 3. The van der Waals surface area contributed by atoms with E-state index in [0.29, 0.717) is 5.82 Å². The molecule has 1 heterocycles. The molecule has 1 aliphatic rings. The van der Waals surface area contributed by atoms with Gasteiger partial charge in [0.15, 0.2) is 0 Å². The molecular formula is C27H51N3O2. The number of rotatable bonds is 17. The average molecular weight is 450 g/mol. The van der Waals surface area contributed by atoms with Gasteiger partial charge in [0.25, 0.3) is 0 Å². The molecule has 5 heteroatoms. The van der Waals surface area contributed by atoms with Crippen molar-refractivity contribution < 1.29 is 9.59 Å². The lowest BCUT2D eigenvalue weighted by Crippen LogP contribution is -2.64. The molecule has 0 spiro atoms. The monoisotopic (exact) mass is 449 g/mol. The topological polar surface area (TPSA) is 43.9 Å². The van der Waals surface area contributed by atoms with E-state index >= 15 is 0 Å². The second-order valence-electron chi connectivity index (χ2n) is 9.83. The molecule has 0 radical (unpaired) electrons. The van der Waals surface area contributed by atoms with E-state index < -0.39 is 0 Å². The van der Waals surface area contributed by atoms with Gasteiger partial charge in [0.2, 0.25) is 0 Å². The Morgan fingerprint density at radius 3 is 1.28 bits per heavy atom. The summed E-state index contributed by atoms with van der Waals surface area (Å²) in [6.45, 7) is 17.1. The highest BCUT2D eigenvalue weighted by Crippen LogP contribution is 2.31. The van der Waals surface area contributed by atoms with Crippen LogP contribution in [0, 0.1) is 0 Å². The van der Waals surface area contributed by atoms with Gasteiger partial charge in [-0.3, -0.25) is 9.80 Å². The maximum absolute atomic E-state index is 13.6. The number of urea groups is 2. The van der Waals surface area contributed by atoms with Crippen LogP contribution in [0.5, 0.6) is 0 Å². The molecule has 0 saturated carbocycles. The van der Waals surface area contributed by atoms with Crippen molar-refractivity contribution in [3.8, 4) is 0 Å². The molecule has 0 N–H and O–H groups in total. The fraction of sp³-hybridized carbons (Fsp3) is 0.852. The number of amides is 4. The minimum absolute atomic E-state index is 0.0410. The molecule has 3 atom stereocenters. The first-order valence-electron chi connectivity index (χ1n) is 13.5. The highest BCUT2D eigenvalue weighted by atomic mass is 16.2. The first kappa shape index (κ1) is 28.5. The van der Waals surface area contributed by atoms with Crippen molar-refractivity contribution in [1.29, 1.82) is 0 Å². The van der Waals surface area contributed by atoms with Gasteiger partial charge in [-0.15, -0.1) is 0 Å². The van der Waals surface area contributed by atoms with Crippen molar-refractivity contribution in [3.63, 3.8) is 0 Å². The van der Waals surface area contributed by atoms with Gasteiger partial charge < -0.3 is 0 Å². The van der Waals surface area contributed by atoms with Crippen LogP contribution in [0.4, 0.5) is 9.59 Å². The van der Waals surface area contributed by atoms with Crippen molar-refractivity contribution in [3.05, 3.63) is 12.4 Å². The Kier molecular flexibility index (Phi) is 13.7. The van der Waals surface area contributed by atoms with Crippen LogP contribution < -0.4 is 0 Å². The van der Waals surface area contributed by atoms with Crippen LogP contribution in [0.3, 0.4) is 0 Å². The number of carbonyl (C=O) groups is 2. The third kappa shape index (κ3) is 8.12. The van der Waals surface area contributed by atoms with Gasteiger partial charge in [-0.1, -0.05) is 98.0 Å². The zero-order valence-corrected chi connectivity index (χ0v) is 22.0. The molecular weight excluding hydrogens is 398 g/mol. The minimum atomic E-state index is -0.179. The Balaban J connectivity index is 3.03. The molecule has 1 rings (SSSR count). The van der Waals surface area contributed by atoms with E-state index in [1.54, 1.807) is 9.80 Å². The summed E-state index contributed by atoms with van der Waals surface area (Å²) in [6.07, 6.45) is 15.4. The van der Waals surface area contributed by atoms with Crippen molar-refractivity contribution in [2.45, 2.75) is 150 Å². The summed E-state index contributed by atoms with van der Waals surface area (Å²) in [4.78, 5) is 32.3. The van der Waals surface area contributed by atoms with Gasteiger partial charge in [0, 0.05) is 18.1 Å². The SMILES string of the molecule is C=C1N(C(C)CCCCC)C(=O)N(C(C)CCCCCCC)C(=O)N1C(C)CCCCC. The van der Waals surface area contributed by atoms with E-state index in [1.165, 1.54) is 24.2 Å². The summed E-state index contributed by atoms with van der Waals surface area (Å²) >= 11 is 0. The van der Waals surface area contributed by atoms with Gasteiger partial charge in [0.1, 0.15) is 5.82 Å². The molecule has 0 aliphatic carbocycles. The van der Waals surface area contributed by atoms with Crippen LogP contribution in [0.25, 0.3) is 0 Å². The average Bonchev–Trinajstić information content (AvgIpc) is 2.74. The normalized spacial score (nSPS) is 17.8. The molecule has 186 valence electrons. The molecule has 0 bridgehead atoms. The van der Waals surface area contributed by atoms with Gasteiger partial charge >= 0.3 is 12.1 Å². The van der Waals surface area contributed by atoms with Gasteiger partial charge in [0.05, 0.1) is 0 Å². The smallest absolute Gasteiger partial charge is 0.277 e. The number of unbranched alkanes of at least 4 members (excludes halogenated alkanes) is 8. The number of hydrogen-bond donors (Lipinski definition) is 0. The Labute approximate surface area is 198 Å². The maximum atomic E-state index is 13.6. The molecule has 1 saturated heterocycles. The summed E-state index contributed by atoms with van der Waals surface area (Å²) in [7, 11) is 0. The quantitative estimate of drug-likeness (QED) is 0.210. The van der Waals surface area contributed by atoms with Crippen molar-refractivity contribution in [1.82, 2.24) is 14.7 Å². The van der Waals surface area contributed by atoms with E-state index in [0.717, 1.165) is 70.6 Å². The molecule has 4 amide bonds. The maximum Gasteiger partial charge on any atom is 0.334 e. The van der Waals surface area contributed by atoms with Crippen molar-refractivity contribution in [2.75, 3.05) is 0 Å². The number of imide groups is 1. The highest BCUT2D eigenvalue weighted by molar-refractivity contribution is 5.98. The largest absolute Gasteiger partial charge is 0.334 e. The lowest BCUT2D eigenvalue weighted by atomic mass is 10.0. The van der Waals surface area contributed by atoms with Crippen LogP contribution in [-0.2, 0) is 0 Å². The van der Waals surface area contributed by atoms with Crippen LogP contribution in [0.2, 0.25) is 0 Å². The van der Waals surface area contributed by atoms with Crippen molar-refractivity contribution >= 4 is 12.1 Å². The Morgan fingerprint density at radius 2 is 0.875 bits per heavy atom. The minimum Gasteiger partial charge on any atom is -0.277 e. The lowest BCUT2D eigenvalue weighted by Gasteiger charge is -2.48. The number of carbonyl (C=O) groups excluding carboxylic acids is 2. The predicted octanol–water partition coefficient (Wildman–Crippen LogP) is 8.30. The zero-order chi connectivity index (χ0) is 24.1. The van der Waals surface area contributed by atoms with E-state index in [2.05, 4.69) is 41.2 Å². The fourth-order valence-corrected chi connectivity index (χ4v) is 4.72. The van der Waals surface area contributed by atoms with E-state index in [9.17, 15) is 9.59 Å². The van der Waals surface area contributed by atoms with E-state index in [4.69, 9.17) is 0 Å². The van der Waals surface area contributed by atoms with E-state index in [1.807, 2.05) is 6.92 Å². The number of hydrogen-bond acceptors (Lipinski definition) is 2. The summed E-state index contributed by atoms with van der Waals surface area (Å²) in [5.74, 6) is 0.569. The van der Waals surface area contributed by atoms with Crippen LogP contribution >= 0.6 is 0 Å². The van der Waals surface area contributed by atoms with Crippen molar-refractivity contribution in [2.24, 2.45) is 0 Å². The summed E-state index contributed by atoms with van der Waals surface area (Å²) in [6, 6.07) is -0.372. The zero-order valence-electron chi connectivity index (χ0n) is 22.0. The fourth-order valence-electron chi connectivity index (χ4n) is 4.72. The van der Waals surface area contributed by atoms with Gasteiger partial charge in [-0.2, -0.15) is 0 Å². The first-order chi connectivity index (χ1) is 15.3.